The quantitative estimate of drug-likeness (QED) is 0.843. The van der Waals surface area contributed by atoms with E-state index in [4.69, 9.17) is 23.2 Å². The highest BCUT2D eigenvalue weighted by atomic mass is 35.5. The minimum absolute atomic E-state index is 0.0240. The van der Waals surface area contributed by atoms with Crippen LogP contribution in [0.1, 0.15) is 5.56 Å². The standard InChI is InChI=1S/C13H8Cl2F3NO2S/c14-9-3-6-11(15)12(7-9)22(20,21)19-10-4-1-8(2-5-10)13(16,17)18/h1-7,19H. The highest BCUT2D eigenvalue weighted by Crippen LogP contribution is 2.31. The zero-order valence-corrected chi connectivity index (χ0v) is 13.0. The lowest BCUT2D eigenvalue weighted by Crippen LogP contribution is -2.14. The van der Waals surface area contributed by atoms with Crippen molar-refractivity contribution < 1.29 is 21.6 Å². The third kappa shape index (κ3) is 3.85. The Morgan fingerprint density at radius 2 is 1.55 bits per heavy atom. The molecule has 2 aromatic rings. The van der Waals surface area contributed by atoms with Crippen LogP contribution < -0.4 is 4.72 Å². The van der Waals surface area contributed by atoms with E-state index in [2.05, 4.69) is 4.72 Å². The summed E-state index contributed by atoms with van der Waals surface area (Å²) in [5.74, 6) is 0. The third-order valence-electron chi connectivity index (χ3n) is 2.65. The summed E-state index contributed by atoms with van der Waals surface area (Å²) in [6.45, 7) is 0. The summed E-state index contributed by atoms with van der Waals surface area (Å²) in [4.78, 5) is -0.262. The maximum absolute atomic E-state index is 12.4. The second-order valence-electron chi connectivity index (χ2n) is 4.26. The topological polar surface area (TPSA) is 46.2 Å². The Kier molecular flexibility index (Phi) is 4.60. The van der Waals surface area contributed by atoms with Crippen LogP contribution in [0.25, 0.3) is 0 Å². The molecule has 0 saturated heterocycles. The van der Waals surface area contributed by atoms with Crippen molar-refractivity contribution in [1.29, 1.82) is 0 Å². The molecule has 0 atom stereocenters. The molecular weight excluding hydrogens is 362 g/mol. The van der Waals surface area contributed by atoms with Gasteiger partial charge in [-0.25, -0.2) is 8.42 Å². The van der Waals surface area contributed by atoms with E-state index in [-0.39, 0.29) is 20.6 Å². The first kappa shape index (κ1) is 16.9. The Bertz CT molecular complexity index is 790. The van der Waals surface area contributed by atoms with Gasteiger partial charge >= 0.3 is 6.18 Å². The van der Waals surface area contributed by atoms with Gasteiger partial charge in [0.05, 0.1) is 10.6 Å². The van der Waals surface area contributed by atoms with Crippen LogP contribution in [0, 0.1) is 0 Å². The fourth-order valence-corrected chi connectivity index (χ4v) is 3.44. The van der Waals surface area contributed by atoms with Gasteiger partial charge < -0.3 is 0 Å². The molecule has 0 aliphatic rings. The highest BCUT2D eigenvalue weighted by molar-refractivity contribution is 7.92. The zero-order valence-electron chi connectivity index (χ0n) is 10.7. The first-order valence-corrected chi connectivity index (χ1v) is 7.98. The van der Waals surface area contributed by atoms with Crippen LogP contribution in [0.15, 0.2) is 47.4 Å². The number of sulfonamides is 1. The van der Waals surface area contributed by atoms with Crippen molar-refractivity contribution in [3.63, 3.8) is 0 Å². The van der Waals surface area contributed by atoms with Crippen molar-refractivity contribution in [1.82, 2.24) is 0 Å². The molecule has 0 fully saturated rings. The van der Waals surface area contributed by atoms with Crippen molar-refractivity contribution in [3.8, 4) is 0 Å². The molecule has 0 unspecified atom stereocenters. The fraction of sp³-hybridized carbons (Fsp3) is 0.0769. The minimum Gasteiger partial charge on any atom is -0.280 e. The van der Waals surface area contributed by atoms with Crippen molar-refractivity contribution in [2.45, 2.75) is 11.1 Å². The number of halogens is 5. The van der Waals surface area contributed by atoms with Gasteiger partial charge in [0.2, 0.25) is 0 Å². The van der Waals surface area contributed by atoms with Gasteiger partial charge in [-0.05, 0) is 42.5 Å². The lowest BCUT2D eigenvalue weighted by Gasteiger charge is -2.11. The molecule has 0 heterocycles. The Morgan fingerprint density at radius 1 is 0.955 bits per heavy atom. The number of nitrogens with one attached hydrogen (secondary N) is 1. The number of hydrogen-bond acceptors (Lipinski definition) is 2. The largest absolute Gasteiger partial charge is 0.416 e. The second-order valence-corrected chi connectivity index (χ2v) is 6.75. The van der Waals surface area contributed by atoms with Crippen LogP contribution in [-0.2, 0) is 16.2 Å². The smallest absolute Gasteiger partial charge is 0.280 e. The van der Waals surface area contributed by atoms with E-state index in [1.54, 1.807) is 0 Å². The summed E-state index contributed by atoms with van der Waals surface area (Å²) in [7, 11) is -4.06. The van der Waals surface area contributed by atoms with Crippen molar-refractivity contribution >= 4 is 38.9 Å². The first-order chi connectivity index (χ1) is 10.1. The molecule has 0 saturated carbocycles. The number of alkyl halides is 3. The molecule has 2 rings (SSSR count). The molecule has 0 aliphatic heterocycles. The summed E-state index contributed by atoms with van der Waals surface area (Å²) >= 11 is 11.5. The molecule has 0 aromatic heterocycles. The van der Waals surface area contributed by atoms with Crippen LogP contribution >= 0.6 is 23.2 Å². The summed E-state index contributed by atoms with van der Waals surface area (Å²) in [5.41, 5.74) is -0.903. The number of benzene rings is 2. The molecule has 0 amide bonds. The van der Waals surface area contributed by atoms with Gasteiger partial charge in [-0.1, -0.05) is 23.2 Å². The average Bonchev–Trinajstić information content (AvgIpc) is 2.40. The van der Waals surface area contributed by atoms with Gasteiger partial charge in [-0.3, -0.25) is 4.72 Å². The Morgan fingerprint density at radius 3 is 2.09 bits per heavy atom. The summed E-state index contributed by atoms with van der Waals surface area (Å²) in [5, 5.41) is 0.112. The molecule has 2 aromatic carbocycles. The minimum atomic E-state index is -4.49. The molecule has 3 nitrogen and oxygen atoms in total. The predicted octanol–water partition coefficient (Wildman–Crippen LogP) is 4.81. The van der Waals surface area contributed by atoms with Gasteiger partial charge in [0, 0.05) is 10.7 Å². The van der Waals surface area contributed by atoms with E-state index < -0.39 is 21.8 Å². The number of rotatable bonds is 3. The van der Waals surface area contributed by atoms with Crippen molar-refractivity contribution in [2.75, 3.05) is 4.72 Å². The zero-order chi connectivity index (χ0) is 16.5. The number of hydrogen-bond donors (Lipinski definition) is 1. The highest BCUT2D eigenvalue weighted by Gasteiger charge is 2.30. The van der Waals surface area contributed by atoms with E-state index in [1.807, 2.05) is 0 Å². The van der Waals surface area contributed by atoms with E-state index in [1.165, 1.54) is 12.1 Å². The normalized spacial score (nSPS) is 12.2. The molecular formula is C13H8Cl2F3NO2S. The molecule has 9 heteroatoms. The molecule has 0 aliphatic carbocycles. The number of anilines is 1. The van der Waals surface area contributed by atoms with E-state index >= 15 is 0 Å². The van der Waals surface area contributed by atoms with Crippen molar-refractivity contribution in [2.24, 2.45) is 0 Å². The maximum Gasteiger partial charge on any atom is 0.416 e. The van der Waals surface area contributed by atoms with Crippen LogP contribution in [0.3, 0.4) is 0 Å². The predicted molar refractivity (Wildman–Crippen MR) is 78.7 cm³/mol. The van der Waals surface area contributed by atoms with E-state index in [0.717, 1.165) is 30.3 Å². The lowest BCUT2D eigenvalue weighted by atomic mass is 10.2. The first-order valence-electron chi connectivity index (χ1n) is 5.75. The second kappa shape index (κ2) is 5.98. The Balaban J connectivity index is 2.31. The summed E-state index contributed by atoms with van der Waals surface area (Å²) < 4.78 is 63.9. The van der Waals surface area contributed by atoms with Crippen LogP contribution in [-0.4, -0.2) is 8.42 Å². The van der Waals surface area contributed by atoms with E-state index in [9.17, 15) is 21.6 Å². The fourth-order valence-electron chi connectivity index (χ4n) is 1.62. The summed E-state index contributed by atoms with van der Waals surface area (Å²) in [6, 6.07) is 7.45. The monoisotopic (exact) mass is 369 g/mol. The summed E-state index contributed by atoms with van der Waals surface area (Å²) in [6.07, 6.45) is -4.49. The van der Waals surface area contributed by atoms with Gasteiger partial charge in [0.1, 0.15) is 4.90 Å². The van der Waals surface area contributed by atoms with Gasteiger partial charge in [-0.15, -0.1) is 0 Å². The van der Waals surface area contributed by atoms with Gasteiger partial charge in [0.15, 0.2) is 0 Å². The third-order valence-corrected chi connectivity index (χ3v) is 4.75. The van der Waals surface area contributed by atoms with E-state index in [0.29, 0.717) is 0 Å². The Hall–Kier alpha value is -1.44. The molecule has 0 radical (unpaired) electrons. The Labute approximate surface area is 134 Å². The maximum atomic E-state index is 12.4. The lowest BCUT2D eigenvalue weighted by molar-refractivity contribution is -0.137. The SMILES string of the molecule is O=S(=O)(Nc1ccc(C(F)(F)F)cc1)c1cc(Cl)ccc1Cl. The average molecular weight is 370 g/mol. The molecule has 0 spiro atoms. The molecule has 22 heavy (non-hydrogen) atoms. The van der Waals surface area contributed by atoms with Gasteiger partial charge in [-0.2, -0.15) is 13.2 Å². The van der Waals surface area contributed by atoms with Crippen LogP contribution in [0.5, 0.6) is 0 Å². The molecule has 0 bridgehead atoms. The van der Waals surface area contributed by atoms with Crippen LogP contribution in [0.4, 0.5) is 18.9 Å². The van der Waals surface area contributed by atoms with Gasteiger partial charge in [0.25, 0.3) is 10.0 Å². The molecule has 118 valence electrons. The van der Waals surface area contributed by atoms with Crippen molar-refractivity contribution in [3.05, 3.63) is 58.1 Å². The van der Waals surface area contributed by atoms with Crippen LogP contribution in [0.2, 0.25) is 10.0 Å². The molecule has 1 N–H and O–H groups in total.